The molecule has 0 aliphatic heterocycles. The van der Waals surface area contributed by atoms with Crippen LogP contribution in [0.2, 0.25) is 0 Å². The smallest absolute Gasteiger partial charge is 0.228 e. The van der Waals surface area contributed by atoms with Gasteiger partial charge in [0.05, 0.1) is 11.7 Å². The van der Waals surface area contributed by atoms with Gasteiger partial charge >= 0.3 is 0 Å². The minimum absolute atomic E-state index is 0. The van der Waals surface area contributed by atoms with Crippen molar-refractivity contribution in [3.05, 3.63) is 117 Å². The first kappa shape index (κ1) is 23.6. The van der Waals surface area contributed by atoms with E-state index in [1.54, 1.807) is 0 Å². The molecule has 0 saturated heterocycles. The second-order valence-electron chi connectivity index (χ2n) is 6.62. The van der Waals surface area contributed by atoms with Gasteiger partial charge in [-0.25, -0.2) is 0 Å². The summed E-state index contributed by atoms with van der Waals surface area (Å²) in [6.45, 7) is 3.68. The number of hydrogen-bond donors (Lipinski definition) is 0. The molecule has 148 valence electrons. The van der Waals surface area contributed by atoms with E-state index in [9.17, 15) is 9.59 Å². The minimum Gasteiger partial charge on any atom is -0.486 e. The zero-order valence-corrected chi connectivity index (χ0v) is 17.4. The van der Waals surface area contributed by atoms with Gasteiger partial charge in [-0.05, 0) is 83.3 Å². The SMILES string of the molecule is CC(C)OC1=C([C]2[CH][CH][CH][CH]2)C(=O)C=C(c2ccccc2)C1=O.[CH]1[CH][CH][CH][CH]1.[Fe]. The van der Waals surface area contributed by atoms with E-state index < -0.39 is 0 Å². The first-order chi connectivity index (χ1) is 13.6. The second-order valence-corrected chi connectivity index (χ2v) is 6.62. The number of carbonyl (C=O) groups is 2. The van der Waals surface area contributed by atoms with E-state index in [4.69, 9.17) is 4.74 Å². The van der Waals surface area contributed by atoms with Crippen LogP contribution in [0.25, 0.3) is 5.57 Å². The summed E-state index contributed by atoms with van der Waals surface area (Å²) in [6, 6.07) is 9.19. The fraction of sp³-hybridized carbons (Fsp3) is 0.120. The fourth-order valence-corrected chi connectivity index (χ4v) is 2.93. The van der Waals surface area contributed by atoms with Gasteiger partial charge in [0.1, 0.15) is 0 Å². The topological polar surface area (TPSA) is 43.4 Å². The van der Waals surface area contributed by atoms with Crippen molar-refractivity contribution in [1.82, 2.24) is 0 Å². The molecule has 0 spiro atoms. The summed E-state index contributed by atoms with van der Waals surface area (Å²) in [4.78, 5) is 25.6. The molecule has 0 aromatic heterocycles. The monoisotopic (exact) mass is 426 g/mol. The van der Waals surface area contributed by atoms with Crippen molar-refractivity contribution < 1.29 is 31.4 Å². The van der Waals surface area contributed by atoms with Crippen molar-refractivity contribution >= 4 is 17.1 Å². The Morgan fingerprint density at radius 3 is 1.86 bits per heavy atom. The predicted octanol–water partition coefficient (Wildman–Crippen LogP) is 4.33. The molecule has 0 unspecified atom stereocenters. The molecule has 10 radical (unpaired) electrons. The average molecular weight is 426 g/mol. The Labute approximate surface area is 185 Å². The Balaban J connectivity index is 0.000000437. The second kappa shape index (κ2) is 11.5. The van der Waals surface area contributed by atoms with Gasteiger partial charge in [-0.15, -0.1) is 0 Å². The van der Waals surface area contributed by atoms with E-state index in [1.807, 2.05) is 102 Å². The zero-order chi connectivity index (χ0) is 19.9. The summed E-state index contributed by atoms with van der Waals surface area (Å²) < 4.78 is 5.73. The Hall–Kier alpha value is -1.64. The largest absolute Gasteiger partial charge is 0.486 e. The molecule has 0 bridgehead atoms. The number of benzene rings is 1. The summed E-state index contributed by atoms with van der Waals surface area (Å²) >= 11 is 0. The van der Waals surface area contributed by atoms with E-state index in [0.29, 0.717) is 17.1 Å². The number of allylic oxidation sites excluding steroid dienone is 3. The standard InChI is InChI=1S/C20H17O3.C5H5.Fe/c1-13(2)23-20-18(15-10-6-7-11-15)17(21)12-16(19(20)22)14-8-4-3-5-9-14;1-2-4-5-3-1;/h3-13H,1-2H3;1-5H;. The van der Waals surface area contributed by atoms with Crippen LogP contribution in [0.5, 0.6) is 0 Å². The number of Topliss-reactive ketones (excluding diaryl/α,β-unsaturated/α-hetero) is 1. The van der Waals surface area contributed by atoms with Gasteiger partial charge in [0.15, 0.2) is 11.5 Å². The molecular formula is C25H22FeO3. The molecular weight excluding hydrogens is 404 g/mol. The van der Waals surface area contributed by atoms with Crippen LogP contribution in [-0.4, -0.2) is 17.7 Å². The molecule has 2 fully saturated rings. The maximum atomic E-state index is 12.9. The number of carbonyl (C=O) groups excluding carboxylic acids is 2. The summed E-state index contributed by atoms with van der Waals surface area (Å²) in [7, 11) is 0. The first-order valence-corrected chi connectivity index (χ1v) is 9.23. The molecule has 3 nitrogen and oxygen atoms in total. The quantitative estimate of drug-likeness (QED) is 0.532. The molecule has 1 aromatic rings. The van der Waals surface area contributed by atoms with Crippen LogP contribution in [0.3, 0.4) is 0 Å². The Morgan fingerprint density at radius 2 is 1.34 bits per heavy atom. The van der Waals surface area contributed by atoms with E-state index >= 15 is 0 Å². The van der Waals surface area contributed by atoms with Gasteiger partial charge < -0.3 is 4.74 Å². The minimum atomic E-state index is -0.249. The van der Waals surface area contributed by atoms with Crippen LogP contribution in [-0.2, 0) is 31.4 Å². The van der Waals surface area contributed by atoms with Crippen LogP contribution < -0.4 is 0 Å². The summed E-state index contributed by atoms with van der Waals surface area (Å²) in [5, 5.41) is 0. The van der Waals surface area contributed by atoms with Gasteiger partial charge in [0.25, 0.3) is 0 Å². The summed E-state index contributed by atoms with van der Waals surface area (Å²) in [6.07, 6.45) is 18.5. The third-order valence-electron chi connectivity index (χ3n) is 4.15. The first-order valence-electron chi connectivity index (χ1n) is 9.23. The molecule has 4 rings (SSSR count). The Morgan fingerprint density at radius 1 is 0.793 bits per heavy atom. The number of hydrogen-bond acceptors (Lipinski definition) is 3. The Kier molecular flexibility index (Phi) is 9.39. The molecule has 3 aliphatic rings. The molecule has 3 aliphatic carbocycles. The molecule has 1 aromatic carbocycles. The molecule has 29 heavy (non-hydrogen) atoms. The van der Waals surface area contributed by atoms with E-state index in [-0.39, 0.29) is 40.5 Å². The predicted molar refractivity (Wildman–Crippen MR) is 110 cm³/mol. The molecule has 0 N–H and O–H groups in total. The van der Waals surface area contributed by atoms with Gasteiger partial charge in [-0.1, -0.05) is 30.3 Å². The number of rotatable bonds is 4. The van der Waals surface area contributed by atoms with Crippen molar-refractivity contribution in [2.45, 2.75) is 20.0 Å². The summed E-state index contributed by atoms with van der Waals surface area (Å²) in [5.41, 5.74) is 1.44. The van der Waals surface area contributed by atoms with Crippen molar-refractivity contribution in [3.63, 3.8) is 0 Å². The molecule has 0 amide bonds. The van der Waals surface area contributed by atoms with Crippen LogP contribution in [0.1, 0.15) is 19.4 Å². The zero-order valence-electron chi connectivity index (χ0n) is 16.3. The van der Waals surface area contributed by atoms with E-state index in [1.165, 1.54) is 6.08 Å². The number of ether oxygens (including phenoxy) is 1. The van der Waals surface area contributed by atoms with Crippen molar-refractivity contribution in [1.29, 1.82) is 0 Å². The molecule has 4 heteroatoms. The average Bonchev–Trinajstić information content (AvgIpc) is 3.41. The van der Waals surface area contributed by atoms with Gasteiger partial charge in [-0.2, -0.15) is 0 Å². The van der Waals surface area contributed by atoms with Gasteiger partial charge in [0.2, 0.25) is 5.78 Å². The van der Waals surface area contributed by atoms with Gasteiger partial charge in [-0.3, -0.25) is 9.59 Å². The molecule has 2 saturated carbocycles. The van der Waals surface area contributed by atoms with Crippen molar-refractivity contribution in [2.24, 2.45) is 0 Å². The van der Waals surface area contributed by atoms with Crippen LogP contribution in [0.4, 0.5) is 0 Å². The van der Waals surface area contributed by atoms with Crippen molar-refractivity contribution in [2.75, 3.05) is 0 Å². The van der Waals surface area contributed by atoms with Crippen molar-refractivity contribution in [3.8, 4) is 0 Å². The van der Waals surface area contributed by atoms with Gasteiger partial charge in [0, 0.05) is 28.6 Å². The summed E-state index contributed by atoms with van der Waals surface area (Å²) in [5.74, 6) is 0.394. The molecule has 0 heterocycles. The third-order valence-corrected chi connectivity index (χ3v) is 4.15. The number of ketones is 2. The van der Waals surface area contributed by atoms with E-state index in [2.05, 4.69) is 0 Å². The van der Waals surface area contributed by atoms with E-state index in [0.717, 1.165) is 5.56 Å². The fourth-order valence-electron chi connectivity index (χ4n) is 2.93. The van der Waals surface area contributed by atoms with Crippen LogP contribution in [0.15, 0.2) is 47.7 Å². The molecule has 0 atom stereocenters. The Bertz CT molecular complexity index is 744. The maximum absolute atomic E-state index is 12.9. The maximum Gasteiger partial charge on any atom is 0.228 e. The van der Waals surface area contributed by atoms with Crippen LogP contribution in [0, 0.1) is 63.7 Å². The normalized spacial score (nSPS) is 19.6. The van der Waals surface area contributed by atoms with Crippen LogP contribution >= 0.6 is 0 Å². The third kappa shape index (κ3) is 6.17.